The summed E-state index contributed by atoms with van der Waals surface area (Å²) in [6.07, 6.45) is 1.38. The molecular weight excluding hydrogens is 232 g/mol. The Hall–Kier alpha value is -2.16. The van der Waals surface area contributed by atoms with E-state index in [0.717, 1.165) is 11.3 Å². The van der Waals surface area contributed by atoms with Gasteiger partial charge >= 0.3 is 5.97 Å². The predicted molar refractivity (Wildman–Crippen MR) is 66.4 cm³/mol. The second kappa shape index (κ2) is 5.96. The van der Waals surface area contributed by atoms with Gasteiger partial charge in [0.2, 0.25) is 0 Å². The minimum Gasteiger partial charge on any atom is -0.480 e. The number of carbonyl (C=O) groups is 1. The van der Waals surface area contributed by atoms with Crippen molar-refractivity contribution in [2.75, 3.05) is 18.5 Å². The second-order valence-electron chi connectivity index (χ2n) is 3.89. The lowest BCUT2D eigenvalue weighted by atomic mass is 10.0. The largest absolute Gasteiger partial charge is 0.480 e. The molecule has 0 atom stereocenters. The molecule has 1 heterocycles. The number of carboxylic acid groups (broad SMARTS) is 1. The molecule has 0 aliphatic rings. The van der Waals surface area contributed by atoms with Gasteiger partial charge in [0.1, 0.15) is 18.2 Å². The summed E-state index contributed by atoms with van der Waals surface area (Å²) in [7, 11) is 1.59. The maximum atomic E-state index is 10.7. The average molecular weight is 248 g/mol. The molecule has 6 heteroatoms. The van der Waals surface area contributed by atoms with Gasteiger partial charge in [-0.05, 0) is 18.4 Å². The first-order valence-electron chi connectivity index (χ1n) is 5.76. The Kier molecular flexibility index (Phi) is 4.60. The predicted octanol–water partition coefficient (Wildman–Crippen LogP) is 0.994. The van der Waals surface area contributed by atoms with E-state index in [1.165, 1.54) is 4.90 Å². The van der Waals surface area contributed by atoms with Crippen LogP contribution in [-0.2, 0) is 17.6 Å². The normalized spacial score (nSPS) is 9.89. The summed E-state index contributed by atoms with van der Waals surface area (Å²) in [6.45, 7) is 3.68. The number of aryl methyl sites for hydroxylation is 1. The van der Waals surface area contributed by atoms with Crippen molar-refractivity contribution in [3.63, 3.8) is 0 Å². The number of anilines is 1. The molecule has 0 aliphatic heterocycles. The molecule has 96 valence electrons. The van der Waals surface area contributed by atoms with E-state index in [-0.39, 0.29) is 6.54 Å². The highest BCUT2D eigenvalue weighted by Gasteiger charge is 2.18. The number of hydrogen-bond acceptors (Lipinski definition) is 5. The summed E-state index contributed by atoms with van der Waals surface area (Å²) in [5.74, 6) is -0.644. The highest BCUT2D eigenvalue weighted by atomic mass is 16.4. The maximum Gasteiger partial charge on any atom is 0.323 e. The monoisotopic (exact) mass is 248 g/mol. The standard InChI is InChI=1S/C12H16N4O2/c1-4-8-9(6-13)12(15-14-10(8)5-2)16(3)7-11(17)18/h4-5,7H2,1-3H3,(H,17,18). The molecule has 0 aromatic carbocycles. The van der Waals surface area contributed by atoms with Crippen LogP contribution in [0.1, 0.15) is 30.7 Å². The molecule has 1 N–H and O–H groups in total. The van der Waals surface area contributed by atoms with Gasteiger partial charge in [0.05, 0.1) is 5.69 Å². The molecule has 0 bridgehead atoms. The summed E-state index contributed by atoms with van der Waals surface area (Å²) in [5, 5.41) is 26.0. The molecule has 0 radical (unpaired) electrons. The first kappa shape index (κ1) is 13.9. The summed E-state index contributed by atoms with van der Waals surface area (Å²) >= 11 is 0. The third-order valence-electron chi connectivity index (χ3n) is 2.67. The second-order valence-corrected chi connectivity index (χ2v) is 3.89. The minimum absolute atomic E-state index is 0.210. The Balaban J connectivity index is 3.29. The van der Waals surface area contributed by atoms with E-state index >= 15 is 0 Å². The Labute approximate surface area is 106 Å². The van der Waals surface area contributed by atoms with Crippen LogP contribution in [-0.4, -0.2) is 34.9 Å². The Morgan fingerprint density at radius 1 is 1.39 bits per heavy atom. The molecule has 18 heavy (non-hydrogen) atoms. The SMILES string of the molecule is CCc1nnc(N(C)CC(=O)O)c(C#N)c1CC. The van der Waals surface area contributed by atoms with Crippen molar-refractivity contribution in [3.05, 3.63) is 16.8 Å². The van der Waals surface area contributed by atoms with Crippen molar-refractivity contribution >= 4 is 11.8 Å². The average Bonchev–Trinajstić information content (AvgIpc) is 2.35. The molecule has 1 rings (SSSR count). The fourth-order valence-corrected chi connectivity index (χ4v) is 1.82. The summed E-state index contributed by atoms with van der Waals surface area (Å²) in [4.78, 5) is 12.1. The first-order valence-corrected chi connectivity index (χ1v) is 5.76. The van der Waals surface area contributed by atoms with Gasteiger partial charge in [0, 0.05) is 7.05 Å². The van der Waals surface area contributed by atoms with E-state index in [9.17, 15) is 10.1 Å². The molecule has 0 spiro atoms. The van der Waals surface area contributed by atoms with Crippen molar-refractivity contribution in [2.45, 2.75) is 26.7 Å². The molecule has 0 fully saturated rings. The number of likely N-dealkylation sites (N-methyl/N-ethyl adjacent to an activating group) is 1. The fourth-order valence-electron chi connectivity index (χ4n) is 1.82. The zero-order chi connectivity index (χ0) is 13.7. The third-order valence-corrected chi connectivity index (χ3v) is 2.67. The summed E-state index contributed by atoms with van der Waals surface area (Å²) in [6, 6.07) is 2.11. The Morgan fingerprint density at radius 2 is 2.06 bits per heavy atom. The molecule has 0 aliphatic carbocycles. The van der Waals surface area contributed by atoms with E-state index in [1.54, 1.807) is 7.05 Å². The quantitative estimate of drug-likeness (QED) is 0.835. The minimum atomic E-state index is -0.971. The number of rotatable bonds is 5. The molecule has 0 saturated carbocycles. The summed E-state index contributed by atoms with van der Waals surface area (Å²) < 4.78 is 0. The van der Waals surface area contributed by atoms with Crippen LogP contribution in [0.2, 0.25) is 0 Å². The molecule has 0 amide bonds. The van der Waals surface area contributed by atoms with Crippen LogP contribution in [0.3, 0.4) is 0 Å². The Bertz CT molecular complexity index is 494. The van der Waals surface area contributed by atoms with Crippen LogP contribution in [0.4, 0.5) is 5.82 Å². The maximum absolute atomic E-state index is 10.7. The van der Waals surface area contributed by atoms with Crippen molar-refractivity contribution < 1.29 is 9.90 Å². The number of hydrogen-bond donors (Lipinski definition) is 1. The van der Waals surface area contributed by atoms with Crippen molar-refractivity contribution in [3.8, 4) is 6.07 Å². The number of nitrogens with zero attached hydrogens (tertiary/aromatic N) is 4. The smallest absolute Gasteiger partial charge is 0.323 e. The molecule has 1 aromatic rings. The van der Waals surface area contributed by atoms with E-state index < -0.39 is 5.97 Å². The number of carboxylic acids is 1. The van der Waals surface area contributed by atoms with E-state index in [2.05, 4.69) is 16.3 Å². The molecule has 0 unspecified atom stereocenters. The zero-order valence-electron chi connectivity index (χ0n) is 10.8. The molecular formula is C12H16N4O2. The van der Waals surface area contributed by atoms with Crippen LogP contribution in [0.5, 0.6) is 0 Å². The molecule has 1 aromatic heterocycles. The van der Waals surface area contributed by atoms with E-state index in [1.807, 2.05) is 13.8 Å². The zero-order valence-corrected chi connectivity index (χ0v) is 10.8. The van der Waals surface area contributed by atoms with Crippen LogP contribution in [0.15, 0.2) is 0 Å². The molecule has 0 saturated heterocycles. The number of aromatic nitrogens is 2. The van der Waals surface area contributed by atoms with Gasteiger partial charge in [-0.3, -0.25) is 4.79 Å². The third kappa shape index (κ3) is 2.74. The number of nitriles is 1. The highest BCUT2D eigenvalue weighted by Crippen LogP contribution is 2.22. The van der Waals surface area contributed by atoms with Gasteiger partial charge in [-0.25, -0.2) is 0 Å². The fraction of sp³-hybridized carbons (Fsp3) is 0.500. The van der Waals surface area contributed by atoms with Gasteiger partial charge in [0.25, 0.3) is 0 Å². The van der Waals surface area contributed by atoms with Crippen LogP contribution >= 0.6 is 0 Å². The van der Waals surface area contributed by atoms with Gasteiger partial charge < -0.3 is 10.0 Å². The lowest BCUT2D eigenvalue weighted by Crippen LogP contribution is -2.27. The lowest BCUT2D eigenvalue weighted by molar-refractivity contribution is -0.135. The van der Waals surface area contributed by atoms with Gasteiger partial charge in [-0.2, -0.15) is 10.4 Å². The van der Waals surface area contributed by atoms with Crippen molar-refractivity contribution in [2.24, 2.45) is 0 Å². The van der Waals surface area contributed by atoms with Crippen LogP contribution in [0, 0.1) is 11.3 Å². The van der Waals surface area contributed by atoms with Gasteiger partial charge in [0.15, 0.2) is 5.82 Å². The number of aliphatic carboxylic acids is 1. The summed E-state index contributed by atoms with van der Waals surface area (Å²) in [5.41, 5.74) is 2.07. The van der Waals surface area contributed by atoms with Gasteiger partial charge in [-0.1, -0.05) is 13.8 Å². The van der Waals surface area contributed by atoms with Crippen molar-refractivity contribution in [1.82, 2.24) is 10.2 Å². The highest BCUT2D eigenvalue weighted by molar-refractivity contribution is 5.74. The first-order chi connectivity index (χ1) is 8.54. The van der Waals surface area contributed by atoms with E-state index in [0.29, 0.717) is 24.2 Å². The van der Waals surface area contributed by atoms with Gasteiger partial charge in [-0.15, -0.1) is 5.10 Å². The topological polar surface area (TPSA) is 90.1 Å². The molecule has 6 nitrogen and oxygen atoms in total. The van der Waals surface area contributed by atoms with Crippen molar-refractivity contribution in [1.29, 1.82) is 5.26 Å². The van der Waals surface area contributed by atoms with E-state index in [4.69, 9.17) is 5.11 Å². The Morgan fingerprint density at radius 3 is 2.50 bits per heavy atom. The lowest BCUT2D eigenvalue weighted by Gasteiger charge is -2.18. The van der Waals surface area contributed by atoms with Crippen LogP contribution < -0.4 is 4.90 Å². The van der Waals surface area contributed by atoms with Crippen LogP contribution in [0.25, 0.3) is 0 Å².